The molecule has 1 aromatic carbocycles. The number of H-pyrrole nitrogens is 1. The van der Waals surface area contributed by atoms with Crippen LogP contribution in [0.15, 0.2) is 42.9 Å². The molecule has 0 aliphatic carbocycles. The molecule has 2 aliphatic heterocycles. The fourth-order valence-electron chi connectivity index (χ4n) is 4.93. The summed E-state index contributed by atoms with van der Waals surface area (Å²) in [6.07, 6.45) is 7.47. The number of hydrogen-bond acceptors (Lipinski definition) is 4. The Bertz CT molecular complexity index is 930. The van der Waals surface area contributed by atoms with Crippen LogP contribution in [0.3, 0.4) is 0 Å². The Balaban J connectivity index is 1.17. The fraction of sp³-hybridized carbons (Fsp3) is 0.455. The predicted molar refractivity (Wildman–Crippen MR) is 114 cm³/mol. The number of benzene rings is 1. The summed E-state index contributed by atoms with van der Waals surface area (Å²) in [4.78, 5) is 17.1. The van der Waals surface area contributed by atoms with Crippen molar-refractivity contribution in [2.75, 3.05) is 31.1 Å². The van der Waals surface area contributed by atoms with E-state index in [0.717, 1.165) is 53.3 Å². The number of halogens is 1. The van der Waals surface area contributed by atoms with E-state index in [1.807, 2.05) is 18.3 Å². The molecule has 1 N–H and O–H groups in total. The van der Waals surface area contributed by atoms with Crippen LogP contribution < -0.4 is 4.90 Å². The first-order chi connectivity index (χ1) is 13.8. The van der Waals surface area contributed by atoms with E-state index in [0.29, 0.717) is 0 Å². The number of fused-ring (bicyclic) bond motifs is 1. The number of aromatic amines is 1. The fourth-order valence-corrected chi connectivity index (χ4v) is 5.06. The molecule has 2 aromatic heterocycles. The summed E-state index contributed by atoms with van der Waals surface area (Å²) in [6.45, 7) is 5.66. The molecule has 0 radical (unpaired) electrons. The van der Waals surface area contributed by atoms with Gasteiger partial charge >= 0.3 is 0 Å². The molecule has 2 saturated heterocycles. The number of rotatable bonds is 4. The number of aromatic nitrogens is 3. The van der Waals surface area contributed by atoms with Gasteiger partial charge in [-0.2, -0.15) is 0 Å². The molecule has 1 atom stereocenters. The molecule has 2 fully saturated rings. The van der Waals surface area contributed by atoms with Crippen molar-refractivity contribution in [3.63, 3.8) is 0 Å². The van der Waals surface area contributed by atoms with Gasteiger partial charge in [-0.1, -0.05) is 23.7 Å². The van der Waals surface area contributed by atoms with Crippen molar-refractivity contribution in [1.82, 2.24) is 19.9 Å². The van der Waals surface area contributed by atoms with E-state index in [4.69, 9.17) is 11.6 Å². The van der Waals surface area contributed by atoms with Gasteiger partial charge in [-0.3, -0.25) is 4.90 Å². The third kappa shape index (κ3) is 3.61. The summed E-state index contributed by atoms with van der Waals surface area (Å²) in [5.41, 5.74) is 2.29. The summed E-state index contributed by atoms with van der Waals surface area (Å²) in [6, 6.07) is 10.4. The van der Waals surface area contributed by atoms with Gasteiger partial charge in [0.2, 0.25) is 0 Å². The van der Waals surface area contributed by atoms with E-state index in [1.54, 1.807) is 6.33 Å². The maximum absolute atomic E-state index is 6.01. The van der Waals surface area contributed by atoms with Crippen molar-refractivity contribution in [3.05, 3.63) is 53.4 Å². The second kappa shape index (κ2) is 7.72. The molecule has 3 aromatic rings. The highest BCUT2D eigenvalue weighted by atomic mass is 35.5. The zero-order valence-electron chi connectivity index (χ0n) is 16.0. The van der Waals surface area contributed by atoms with Gasteiger partial charge in [0.25, 0.3) is 0 Å². The minimum atomic E-state index is 0.815. The van der Waals surface area contributed by atoms with Crippen LogP contribution in [0.2, 0.25) is 5.02 Å². The lowest BCUT2D eigenvalue weighted by Crippen LogP contribution is -2.37. The van der Waals surface area contributed by atoms with E-state index >= 15 is 0 Å². The number of likely N-dealkylation sites (tertiary alicyclic amines) is 1. The van der Waals surface area contributed by atoms with Crippen LogP contribution in [0.1, 0.15) is 24.8 Å². The number of hydrogen-bond donors (Lipinski definition) is 1. The molecule has 5 rings (SSSR count). The minimum Gasteiger partial charge on any atom is -0.356 e. The standard InChI is InChI=1S/C22H26ClN5/c23-19-3-1-16(2-4-19)13-27-10-6-18(14-27)17-7-11-28(12-8-17)22-20-5-9-24-21(20)25-15-26-22/h1-5,9,15,17-18H,6-8,10-14H2,(H,24,25,26)/t18-/m0/s1. The Morgan fingerprint density at radius 3 is 2.57 bits per heavy atom. The molecule has 4 heterocycles. The SMILES string of the molecule is Clc1ccc(CN2CC[C@H](C3CCN(c4ncnc5[nH]ccc45)CC3)C2)cc1. The van der Waals surface area contributed by atoms with Gasteiger partial charge in [0, 0.05) is 37.4 Å². The molecule has 0 bridgehead atoms. The zero-order chi connectivity index (χ0) is 18.9. The molecule has 0 unspecified atom stereocenters. The molecule has 0 spiro atoms. The number of anilines is 1. The quantitative estimate of drug-likeness (QED) is 0.713. The van der Waals surface area contributed by atoms with Crippen LogP contribution in [0.5, 0.6) is 0 Å². The third-order valence-corrected chi connectivity index (χ3v) is 6.72. The smallest absolute Gasteiger partial charge is 0.142 e. The third-order valence-electron chi connectivity index (χ3n) is 6.47. The van der Waals surface area contributed by atoms with Crippen LogP contribution in [-0.4, -0.2) is 46.0 Å². The lowest BCUT2D eigenvalue weighted by molar-refractivity contribution is 0.252. The summed E-state index contributed by atoms with van der Waals surface area (Å²) in [5.74, 6) is 2.74. The Morgan fingerprint density at radius 2 is 1.75 bits per heavy atom. The highest BCUT2D eigenvalue weighted by Crippen LogP contribution is 2.34. The molecule has 6 heteroatoms. The van der Waals surface area contributed by atoms with E-state index in [-0.39, 0.29) is 0 Å². The predicted octanol–water partition coefficient (Wildman–Crippen LogP) is 4.35. The number of nitrogens with zero attached hydrogens (tertiary/aromatic N) is 4. The van der Waals surface area contributed by atoms with Crippen LogP contribution >= 0.6 is 11.6 Å². The van der Waals surface area contributed by atoms with Crippen LogP contribution in [0.25, 0.3) is 11.0 Å². The van der Waals surface area contributed by atoms with Gasteiger partial charge in [-0.05, 0) is 61.4 Å². The van der Waals surface area contributed by atoms with Gasteiger partial charge < -0.3 is 9.88 Å². The Hall–Kier alpha value is -2.11. The average molecular weight is 396 g/mol. The van der Waals surface area contributed by atoms with Crippen molar-refractivity contribution in [1.29, 1.82) is 0 Å². The first-order valence-corrected chi connectivity index (χ1v) is 10.6. The summed E-state index contributed by atoms with van der Waals surface area (Å²) < 4.78 is 0. The topological polar surface area (TPSA) is 48.1 Å². The minimum absolute atomic E-state index is 0.815. The maximum Gasteiger partial charge on any atom is 0.142 e. The van der Waals surface area contributed by atoms with Crippen LogP contribution in [0.4, 0.5) is 5.82 Å². The maximum atomic E-state index is 6.01. The van der Waals surface area contributed by atoms with Gasteiger partial charge in [0.15, 0.2) is 0 Å². The first-order valence-electron chi connectivity index (χ1n) is 10.3. The Labute approximate surface area is 170 Å². The molecule has 28 heavy (non-hydrogen) atoms. The first kappa shape index (κ1) is 18.0. The largest absolute Gasteiger partial charge is 0.356 e. The van der Waals surface area contributed by atoms with Gasteiger partial charge in [0.05, 0.1) is 5.39 Å². The summed E-state index contributed by atoms with van der Waals surface area (Å²) in [5, 5.41) is 1.95. The molecule has 0 amide bonds. The van der Waals surface area contributed by atoms with Gasteiger partial charge in [-0.25, -0.2) is 9.97 Å². The van der Waals surface area contributed by atoms with Crippen molar-refractivity contribution in [3.8, 4) is 0 Å². The summed E-state index contributed by atoms with van der Waals surface area (Å²) in [7, 11) is 0. The van der Waals surface area contributed by atoms with E-state index < -0.39 is 0 Å². The lowest BCUT2D eigenvalue weighted by Gasteiger charge is -2.35. The number of piperidine rings is 1. The van der Waals surface area contributed by atoms with Crippen molar-refractivity contribution >= 4 is 28.5 Å². The lowest BCUT2D eigenvalue weighted by atomic mass is 9.83. The monoisotopic (exact) mass is 395 g/mol. The van der Waals surface area contributed by atoms with Crippen LogP contribution in [-0.2, 0) is 6.54 Å². The average Bonchev–Trinajstić information content (AvgIpc) is 3.39. The molecule has 5 nitrogen and oxygen atoms in total. The summed E-state index contributed by atoms with van der Waals surface area (Å²) >= 11 is 6.01. The second-order valence-corrected chi connectivity index (χ2v) is 8.61. The van der Waals surface area contributed by atoms with E-state index in [9.17, 15) is 0 Å². The van der Waals surface area contributed by atoms with Crippen LogP contribution in [0, 0.1) is 11.8 Å². The molecular formula is C22H26ClN5. The molecular weight excluding hydrogens is 370 g/mol. The second-order valence-electron chi connectivity index (χ2n) is 8.17. The Kier molecular flexibility index (Phi) is 4.95. The van der Waals surface area contributed by atoms with Gasteiger partial charge in [0.1, 0.15) is 17.8 Å². The Morgan fingerprint density at radius 1 is 0.964 bits per heavy atom. The highest BCUT2D eigenvalue weighted by molar-refractivity contribution is 6.30. The van der Waals surface area contributed by atoms with Crippen molar-refractivity contribution in [2.24, 2.45) is 11.8 Å². The van der Waals surface area contributed by atoms with E-state index in [2.05, 4.69) is 43.0 Å². The molecule has 146 valence electrons. The van der Waals surface area contributed by atoms with E-state index in [1.165, 1.54) is 37.9 Å². The van der Waals surface area contributed by atoms with Crippen molar-refractivity contribution in [2.45, 2.75) is 25.8 Å². The zero-order valence-corrected chi connectivity index (χ0v) is 16.8. The highest BCUT2D eigenvalue weighted by Gasteiger charge is 2.32. The molecule has 0 saturated carbocycles. The van der Waals surface area contributed by atoms with Gasteiger partial charge in [-0.15, -0.1) is 0 Å². The number of nitrogens with one attached hydrogen (secondary N) is 1. The molecule has 2 aliphatic rings. The normalized spacial score (nSPS) is 21.6. The van der Waals surface area contributed by atoms with Crippen molar-refractivity contribution < 1.29 is 0 Å².